The van der Waals surface area contributed by atoms with Gasteiger partial charge in [0, 0.05) is 6.20 Å². The summed E-state index contributed by atoms with van der Waals surface area (Å²) in [6.07, 6.45) is 4.25. The number of carboxylic acids is 1. The number of pyridine rings is 1. The summed E-state index contributed by atoms with van der Waals surface area (Å²) in [5.41, 5.74) is 1.59. The van der Waals surface area contributed by atoms with E-state index in [1.54, 1.807) is 24.4 Å². The van der Waals surface area contributed by atoms with Gasteiger partial charge in [0.05, 0.1) is 36.2 Å². The first kappa shape index (κ1) is 14.4. The number of aliphatic carboxylic acids is 1. The summed E-state index contributed by atoms with van der Waals surface area (Å²) in [5.74, 6) is -0.953. The van der Waals surface area contributed by atoms with Crippen molar-refractivity contribution in [2.75, 3.05) is 5.32 Å². The van der Waals surface area contributed by atoms with Crippen molar-refractivity contribution >= 4 is 17.7 Å². The van der Waals surface area contributed by atoms with Gasteiger partial charge in [-0.15, -0.1) is 0 Å². The van der Waals surface area contributed by atoms with Gasteiger partial charge < -0.3 is 15.7 Å². The number of hydrogen-bond donors (Lipinski definition) is 3. The smallest absolute Gasteiger partial charge is 0.319 e. The first-order valence-corrected chi connectivity index (χ1v) is 6.10. The summed E-state index contributed by atoms with van der Waals surface area (Å²) in [6.45, 7) is 0.277. The van der Waals surface area contributed by atoms with E-state index in [1.807, 2.05) is 0 Å². The fraction of sp³-hybridized carbons (Fsp3) is 0.154. The van der Waals surface area contributed by atoms with Crippen LogP contribution >= 0.6 is 0 Å². The maximum atomic E-state index is 11.7. The molecule has 0 aliphatic rings. The molecule has 0 spiro atoms. The molecule has 0 atom stereocenters. The lowest BCUT2D eigenvalue weighted by Crippen LogP contribution is -2.28. The Morgan fingerprint density at radius 2 is 2.00 bits per heavy atom. The van der Waals surface area contributed by atoms with Gasteiger partial charge in [-0.05, 0) is 18.2 Å². The monoisotopic (exact) mass is 287 g/mol. The third-order valence-corrected chi connectivity index (χ3v) is 2.49. The first-order chi connectivity index (χ1) is 10.1. The van der Waals surface area contributed by atoms with Crippen LogP contribution in [0.15, 0.2) is 36.9 Å². The van der Waals surface area contributed by atoms with E-state index >= 15 is 0 Å². The lowest BCUT2D eigenvalue weighted by atomic mass is 10.2. The fourth-order valence-corrected chi connectivity index (χ4v) is 1.53. The number of rotatable bonds is 5. The molecule has 3 N–H and O–H groups in total. The SMILES string of the molecule is O=C(O)Cc1ccc(NC(=O)NCc2ccncn2)cn1. The molecule has 0 aliphatic carbocycles. The maximum absolute atomic E-state index is 11.7. The highest BCUT2D eigenvalue weighted by atomic mass is 16.4. The Hall–Kier alpha value is -3.03. The van der Waals surface area contributed by atoms with Crippen LogP contribution in [-0.2, 0) is 17.8 Å². The van der Waals surface area contributed by atoms with Crippen molar-refractivity contribution in [2.24, 2.45) is 0 Å². The zero-order valence-electron chi connectivity index (χ0n) is 11.0. The number of anilines is 1. The molecular formula is C13H13N5O3. The number of hydrogen-bond acceptors (Lipinski definition) is 5. The predicted molar refractivity (Wildman–Crippen MR) is 73.5 cm³/mol. The Morgan fingerprint density at radius 1 is 1.14 bits per heavy atom. The molecule has 108 valence electrons. The van der Waals surface area contributed by atoms with Gasteiger partial charge in [-0.1, -0.05) is 0 Å². The van der Waals surface area contributed by atoms with Gasteiger partial charge in [0.2, 0.25) is 0 Å². The topological polar surface area (TPSA) is 117 Å². The molecule has 2 amide bonds. The highest BCUT2D eigenvalue weighted by molar-refractivity contribution is 5.88. The Morgan fingerprint density at radius 3 is 2.62 bits per heavy atom. The minimum absolute atomic E-state index is 0.153. The number of carboxylic acid groups (broad SMARTS) is 1. The lowest BCUT2D eigenvalue weighted by Gasteiger charge is -2.07. The molecule has 2 heterocycles. The number of aromatic nitrogens is 3. The van der Waals surface area contributed by atoms with E-state index in [1.165, 1.54) is 12.5 Å². The molecule has 8 heteroatoms. The molecule has 0 aliphatic heterocycles. The summed E-state index contributed by atoms with van der Waals surface area (Å²) in [4.78, 5) is 33.9. The number of carbonyl (C=O) groups excluding carboxylic acids is 1. The van der Waals surface area contributed by atoms with Crippen LogP contribution in [0.25, 0.3) is 0 Å². The molecule has 0 saturated heterocycles. The Labute approximate surface area is 120 Å². The van der Waals surface area contributed by atoms with Crippen LogP contribution in [0.4, 0.5) is 10.5 Å². The molecule has 0 radical (unpaired) electrons. The zero-order valence-corrected chi connectivity index (χ0v) is 11.0. The van der Waals surface area contributed by atoms with Crippen molar-refractivity contribution in [3.63, 3.8) is 0 Å². The lowest BCUT2D eigenvalue weighted by molar-refractivity contribution is -0.136. The summed E-state index contributed by atoms with van der Waals surface area (Å²) < 4.78 is 0. The summed E-state index contributed by atoms with van der Waals surface area (Å²) >= 11 is 0. The normalized spacial score (nSPS) is 9.90. The highest BCUT2D eigenvalue weighted by Gasteiger charge is 2.04. The van der Waals surface area contributed by atoms with Crippen LogP contribution in [0.3, 0.4) is 0 Å². The quantitative estimate of drug-likeness (QED) is 0.749. The number of carbonyl (C=O) groups is 2. The fourth-order valence-electron chi connectivity index (χ4n) is 1.53. The largest absolute Gasteiger partial charge is 0.481 e. The molecule has 2 aromatic heterocycles. The van der Waals surface area contributed by atoms with Crippen molar-refractivity contribution in [3.05, 3.63) is 48.3 Å². The second-order valence-corrected chi connectivity index (χ2v) is 4.12. The van der Waals surface area contributed by atoms with E-state index < -0.39 is 12.0 Å². The van der Waals surface area contributed by atoms with Gasteiger partial charge >= 0.3 is 12.0 Å². The molecule has 0 saturated carbocycles. The highest BCUT2D eigenvalue weighted by Crippen LogP contribution is 2.06. The second kappa shape index (κ2) is 6.94. The van der Waals surface area contributed by atoms with Crippen molar-refractivity contribution in [1.82, 2.24) is 20.3 Å². The average Bonchev–Trinajstić information content (AvgIpc) is 2.48. The summed E-state index contributed by atoms with van der Waals surface area (Å²) in [6, 6.07) is 4.44. The van der Waals surface area contributed by atoms with E-state index in [9.17, 15) is 9.59 Å². The Balaban J connectivity index is 1.83. The predicted octanol–water partition coefficient (Wildman–Crippen LogP) is 0.820. The average molecular weight is 287 g/mol. The van der Waals surface area contributed by atoms with Crippen molar-refractivity contribution in [1.29, 1.82) is 0 Å². The minimum Gasteiger partial charge on any atom is -0.481 e. The van der Waals surface area contributed by atoms with Crippen molar-refractivity contribution in [2.45, 2.75) is 13.0 Å². The van der Waals surface area contributed by atoms with E-state index in [0.29, 0.717) is 17.1 Å². The first-order valence-electron chi connectivity index (χ1n) is 6.10. The molecule has 2 aromatic rings. The second-order valence-electron chi connectivity index (χ2n) is 4.12. The Bertz CT molecular complexity index is 615. The standard InChI is InChI=1S/C13H13N5O3/c19-12(20)5-9-1-2-11(7-15-9)18-13(21)16-6-10-3-4-14-8-17-10/h1-4,7-8H,5-6H2,(H,19,20)(H2,16,18,21). The van der Waals surface area contributed by atoms with E-state index in [-0.39, 0.29) is 13.0 Å². The number of amides is 2. The molecule has 0 fully saturated rings. The van der Waals surface area contributed by atoms with Gasteiger partial charge in [0.25, 0.3) is 0 Å². The number of nitrogens with one attached hydrogen (secondary N) is 2. The number of nitrogens with zero attached hydrogens (tertiary/aromatic N) is 3. The van der Waals surface area contributed by atoms with Crippen LogP contribution < -0.4 is 10.6 Å². The Kier molecular flexibility index (Phi) is 4.75. The van der Waals surface area contributed by atoms with Gasteiger partial charge in [0.15, 0.2) is 0 Å². The molecule has 2 rings (SSSR count). The van der Waals surface area contributed by atoms with Crippen LogP contribution in [0.5, 0.6) is 0 Å². The van der Waals surface area contributed by atoms with Crippen LogP contribution in [0.1, 0.15) is 11.4 Å². The maximum Gasteiger partial charge on any atom is 0.319 e. The molecule has 8 nitrogen and oxygen atoms in total. The van der Waals surface area contributed by atoms with E-state index in [2.05, 4.69) is 25.6 Å². The van der Waals surface area contributed by atoms with Gasteiger partial charge in [-0.3, -0.25) is 9.78 Å². The van der Waals surface area contributed by atoms with Crippen molar-refractivity contribution < 1.29 is 14.7 Å². The minimum atomic E-state index is -0.953. The molecular weight excluding hydrogens is 274 g/mol. The zero-order chi connectivity index (χ0) is 15.1. The van der Waals surface area contributed by atoms with Crippen LogP contribution in [0, 0.1) is 0 Å². The van der Waals surface area contributed by atoms with Crippen LogP contribution in [0.2, 0.25) is 0 Å². The molecule has 0 aromatic carbocycles. The van der Waals surface area contributed by atoms with Crippen molar-refractivity contribution in [3.8, 4) is 0 Å². The van der Waals surface area contributed by atoms with Gasteiger partial charge in [0.1, 0.15) is 6.33 Å². The van der Waals surface area contributed by atoms with Gasteiger partial charge in [-0.25, -0.2) is 14.8 Å². The number of urea groups is 1. The third-order valence-electron chi connectivity index (χ3n) is 2.49. The molecule has 0 unspecified atom stereocenters. The van der Waals surface area contributed by atoms with E-state index in [4.69, 9.17) is 5.11 Å². The summed E-state index contributed by atoms with van der Waals surface area (Å²) in [7, 11) is 0. The summed E-state index contributed by atoms with van der Waals surface area (Å²) in [5, 5.41) is 13.9. The third kappa shape index (κ3) is 4.86. The molecule has 21 heavy (non-hydrogen) atoms. The van der Waals surface area contributed by atoms with Crippen LogP contribution in [-0.4, -0.2) is 32.1 Å². The molecule has 0 bridgehead atoms. The van der Waals surface area contributed by atoms with E-state index in [0.717, 1.165) is 0 Å². The van der Waals surface area contributed by atoms with Gasteiger partial charge in [-0.2, -0.15) is 0 Å².